The summed E-state index contributed by atoms with van der Waals surface area (Å²) in [5.74, 6) is 6.23. The first-order chi connectivity index (χ1) is 6.74. The largest absolute Gasteiger partial charge is 0.393 e. The van der Waals surface area contributed by atoms with Gasteiger partial charge in [0.2, 0.25) is 0 Å². The number of allylic oxidation sites excluding steroid dienone is 1. The smallest absolute Gasteiger partial charge is 0.0278 e. The molecule has 0 aromatic heterocycles. The van der Waals surface area contributed by atoms with Crippen LogP contribution in [0.2, 0.25) is 0 Å². The van der Waals surface area contributed by atoms with Crippen molar-refractivity contribution >= 4 is 0 Å². The van der Waals surface area contributed by atoms with Gasteiger partial charge in [-0.25, -0.2) is 0 Å². The van der Waals surface area contributed by atoms with Crippen LogP contribution in [0.4, 0.5) is 0 Å². The number of hydrogen-bond acceptors (Lipinski definition) is 1. The third-order valence-corrected chi connectivity index (χ3v) is 1.90. The van der Waals surface area contributed by atoms with E-state index in [1.807, 2.05) is 38.4 Å². The Bertz CT molecular complexity index is 391. The summed E-state index contributed by atoms with van der Waals surface area (Å²) in [6, 6.07) is 8.14. The second-order valence-corrected chi connectivity index (χ2v) is 3.18. The predicted octanol–water partition coefficient (Wildman–Crippen LogP) is 2.47. The Morgan fingerprint density at radius 1 is 1.36 bits per heavy atom. The Morgan fingerprint density at radius 3 is 2.71 bits per heavy atom. The molecule has 1 N–H and O–H groups in total. The topological polar surface area (TPSA) is 12.0 Å². The van der Waals surface area contributed by atoms with Crippen molar-refractivity contribution in [3.63, 3.8) is 0 Å². The standard InChI is InChI=1S/C13H15N/c1-11(10-14-3)8-9-13-7-5-4-6-12(13)2/h4-7,10,14H,1-3H3/b11-10+. The minimum atomic E-state index is 1.04. The minimum Gasteiger partial charge on any atom is -0.393 e. The molecule has 72 valence electrons. The second kappa shape index (κ2) is 5.14. The van der Waals surface area contributed by atoms with Gasteiger partial charge in [-0.15, -0.1) is 0 Å². The van der Waals surface area contributed by atoms with Crippen LogP contribution in [-0.4, -0.2) is 7.05 Å². The molecule has 0 saturated heterocycles. The summed E-state index contributed by atoms with van der Waals surface area (Å²) < 4.78 is 0. The van der Waals surface area contributed by atoms with Gasteiger partial charge in [0, 0.05) is 24.4 Å². The molecule has 1 heteroatoms. The summed E-state index contributed by atoms with van der Waals surface area (Å²) in [7, 11) is 1.87. The molecule has 0 unspecified atom stereocenters. The van der Waals surface area contributed by atoms with Crippen LogP contribution in [0.1, 0.15) is 18.1 Å². The lowest BCUT2D eigenvalue weighted by Crippen LogP contribution is -1.93. The Hall–Kier alpha value is -1.68. The van der Waals surface area contributed by atoms with Gasteiger partial charge >= 0.3 is 0 Å². The monoisotopic (exact) mass is 185 g/mol. The SMILES string of the molecule is CN/C=C(\C)C#Cc1ccccc1C. The third-order valence-electron chi connectivity index (χ3n) is 1.90. The van der Waals surface area contributed by atoms with Gasteiger partial charge in [0.1, 0.15) is 0 Å². The van der Waals surface area contributed by atoms with E-state index in [2.05, 4.69) is 30.1 Å². The van der Waals surface area contributed by atoms with Crippen LogP contribution < -0.4 is 5.32 Å². The van der Waals surface area contributed by atoms with E-state index < -0.39 is 0 Å². The fraction of sp³-hybridized carbons (Fsp3) is 0.231. The molecule has 0 fully saturated rings. The van der Waals surface area contributed by atoms with E-state index >= 15 is 0 Å². The zero-order chi connectivity index (χ0) is 10.4. The molecule has 0 heterocycles. The highest BCUT2D eigenvalue weighted by atomic mass is 14.8. The van der Waals surface area contributed by atoms with Crippen molar-refractivity contribution in [1.29, 1.82) is 0 Å². The van der Waals surface area contributed by atoms with E-state index in [0.717, 1.165) is 11.1 Å². The first kappa shape index (κ1) is 10.4. The predicted molar refractivity (Wildman–Crippen MR) is 60.9 cm³/mol. The van der Waals surface area contributed by atoms with Crippen molar-refractivity contribution in [2.45, 2.75) is 13.8 Å². The zero-order valence-electron chi connectivity index (χ0n) is 8.89. The highest BCUT2D eigenvalue weighted by molar-refractivity contribution is 5.44. The summed E-state index contributed by atoms with van der Waals surface area (Å²) in [5.41, 5.74) is 3.35. The van der Waals surface area contributed by atoms with E-state index in [0.29, 0.717) is 0 Å². The molecule has 0 aliphatic rings. The molecule has 1 aromatic carbocycles. The van der Waals surface area contributed by atoms with Crippen molar-refractivity contribution in [1.82, 2.24) is 5.32 Å². The van der Waals surface area contributed by atoms with Gasteiger partial charge in [-0.2, -0.15) is 0 Å². The van der Waals surface area contributed by atoms with Crippen LogP contribution in [0.15, 0.2) is 36.0 Å². The van der Waals surface area contributed by atoms with Crippen molar-refractivity contribution in [3.05, 3.63) is 47.2 Å². The first-order valence-corrected chi connectivity index (χ1v) is 4.65. The van der Waals surface area contributed by atoms with Crippen molar-refractivity contribution in [2.24, 2.45) is 0 Å². The molecule has 0 aliphatic heterocycles. The molecular formula is C13H15N. The highest BCUT2D eigenvalue weighted by Gasteiger charge is 1.89. The molecule has 0 atom stereocenters. The normalized spacial score (nSPS) is 10.4. The van der Waals surface area contributed by atoms with Gasteiger partial charge in [-0.1, -0.05) is 30.0 Å². The average molecular weight is 185 g/mol. The minimum absolute atomic E-state index is 1.04. The summed E-state index contributed by atoms with van der Waals surface area (Å²) in [5, 5.41) is 2.95. The maximum Gasteiger partial charge on any atom is 0.0278 e. The van der Waals surface area contributed by atoms with E-state index in [1.54, 1.807) is 0 Å². The van der Waals surface area contributed by atoms with Crippen molar-refractivity contribution in [2.75, 3.05) is 7.05 Å². The Balaban J connectivity index is 2.88. The maximum atomic E-state index is 3.14. The molecule has 0 aliphatic carbocycles. The molecule has 0 saturated carbocycles. The molecular weight excluding hydrogens is 170 g/mol. The van der Waals surface area contributed by atoms with Crippen molar-refractivity contribution in [3.8, 4) is 11.8 Å². The Kier molecular flexibility index (Phi) is 3.82. The van der Waals surface area contributed by atoms with Gasteiger partial charge in [-0.05, 0) is 25.5 Å². The second-order valence-electron chi connectivity index (χ2n) is 3.18. The summed E-state index contributed by atoms with van der Waals surface area (Å²) in [6.07, 6.45) is 1.89. The zero-order valence-corrected chi connectivity index (χ0v) is 8.89. The molecule has 1 aromatic rings. The fourth-order valence-electron chi connectivity index (χ4n) is 1.13. The van der Waals surface area contributed by atoms with Gasteiger partial charge in [0.05, 0.1) is 0 Å². The molecule has 0 radical (unpaired) electrons. The molecule has 0 bridgehead atoms. The average Bonchev–Trinajstić information content (AvgIpc) is 2.17. The number of aryl methyl sites for hydroxylation is 1. The van der Waals surface area contributed by atoms with Crippen LogP contribution in [-0.2, 0) is 0 Å². The summed E-state index contributed by atoms with van der Waals surface area (Å²) >= 11 is 0. The number of nitrogens with one attached hydrogen (secondary N) is 1. The van der Waals surface area contributed by atoms with Gasteiger partial charge < -0.3 is 5.32 Å². The Morgan fingerprint density at radius 2 is 2.07 bits per heavy atom. The quantitative estimate of drug-likeness (QED) is 0.663. The van der Waals surface area contributed by atoms with Crippen LogP contribution in [0.3, 0.4) is 0 Å². The van der Waals surface area contributed by atoms with Crippen LogP contribution in [0, 0.1) is 18.8 Å². The van der Waals surface area contributed by atoms with E-state index in [-0.39, 0.29) is 0 Å². The van der Waals surface area contributed by atoms with Crippen LogP contribution >= 0.6 is 0 Å². The lowest BCUT2D eigenvalue weighted by Gasteiger charge is -1.95. The number of hydrogen-bond donors (Lipinski definition) is 1. The maximum absolute atomic E-state index is 3.14. The first-order valence-electron chi connectivity index (χ1n) is 4.65. The number of benzene rings is 1. The number of rotatable bonds is 1. The van der Waals surface area contributed by atoms with Gasteiger partial charge in [0.25, 0.3) is 0 Å². The van der Waals surface area contributed by atoms with Crippen LogP contribution in [0.5, 0.6) is 0 Å². The molecule has 0 amide bonds. The molecule has 1 nitrogen and oxygen atoms in total. The lowest BCUT2D eigenvalue weighted by molar-refractivity contribution is 1.09. The van der Waals surface area contributed by atoms with E-state index in [4.69, 9.17) is 0 Å². The lowest BCUT2D eigenvalue weighted by atomic mass is 10.1. The molecule has 14 heavy (non-hydrogen) atoms. The molecule has 0 spiro atoms. The van der Waals surface area contributed by atoms with Gasteiger partial charge in [-0.3, -0.25) is 0 Å². The highest BCUT2D eigenvalue weighted by Crippen LogP contribution is 2.04. The molecule has 1 rings (SSSR count). The van der Waals surface area contributed by atoms with E-state index in [1.165, 1.54) is 5.56 Å². The van der Waals surface area contributed by atoms with E-state index in [9.17, 15) is 0 Å². The van der Waals surface area contributed by atoms with Crippen molar-refractivity contribution < 1.29 is 0 Å². The third kappa shape index (κ3) is 2.99. The fourth-order valence-corrected chi connectivity index (χ4v) is 1.13. The van der Waals surface area contributed by atoms with Crippen LogP contribution in [0.25, 0.3) is 0 Å². The van der Waals surface area contributed by atoms with Gasteiger partial charge in [0.15, 0.2) is 0 Å². The summed E-state index contributed by atoms with van der Waals surface area (Å²) in [4.78, 5) is 0. The summed E-state index contributed by atoms with van der Waals surface area (Å²) in [6.45, 7) is 4.06. The Labute approximate surface area is 85.8 Å².